The van der Waals surface area contributed by atoms with Gasteiger partial charge in [-0.2, -0.15) is 0 Å². The number of nitrogens with zero attached hydrogens (tertiary/aromatic N) is 1. The van der Waals surface area contributed by atoms with Crippen LogP contribution in [0.25, 0.3) is 0 Å². The zero-order valence-electron chi connectivity index (χ0n) is 10.1. The van der Waals surface area contributed by atoms with Crippen LogP contribution in [0.2, 0.25) is 0 Å². The molecule has 0 radical (unpaired) electrons. The van der Waals surface area contributed by atoms with Crippen molar-refractivity contribution in [3.8, 4) is 0 Å². The van der Waals surface area contributed by atoms with E-state index in [0.29, 0.717) is 6.04 Å². The van der Waals surface area contributed by atoms with E-state index in [9.17, 15) is 4.39 Å². The molecule has 2 rings (SSSR count). The van der Waals surface area contributed by atoms with E-state index in [2.05, 4.69) is 4.90 Å². The number of hydrogen-bond donors (Lipinski definition) is 1. The Bertz CT molecular complexity index is 354. The smallest absolute Gasteiger partial charge is 0.123 e. The van der Waals surface area contributed by atoms with Crippen molar-refractivity contribution in [1.82, 2.24) is 4.90 Å². The molecule has 1 heterocycles. The van der Waals surface area contributed by atoms with Gasteiger partial charge >= 0.3 is 0 Å². The summed E-state index contributed by atoms with van der Waals surface area (Å²) in [7, 11) is 0. The topological polar surface area (TPSA) is 23.5 Å². The van der Waals surface area contributed by atoms with Gasteiger partial charge in [-0.3, -0.25) is 4.90 Å². The van der Waals surface area contributed by atoms with Crippen LogP contribution in [0.1, 0.15) is 31.2 Å². The molecule has 1 aliphatic heterocycles. The molecular formula is C14H20FNO. The second kappa shape index (κ2) is 6.12. The van der Waals surface area contributed by atoms with Crippen molar-refractivity contribution in [2.24, 2.45) is 0 Å². The zero-order chi connectivity index (χ0) is 12.1. The van der Waals surface area contributed by atoms with Crippen molar-refractivity contribution < 1.29 is 9.50 Å². The molecule has 0 amide bonds. The number of aliphatic hydroxyl groups excluding tert-OH is 1. The fourth-order valence-electron chi connectivity index (χ4n) is 2.61. The average Bonchev–Trinajstić information content (AvgIpc) is 2.32. The van der Waals surface area contributed by atoms with Crippen molar-refractivity contribution >= 4 is 0 Å². The molecule has 0 bridgehead atoms. The summed E-state index contributed by atoms with van der Waals surface area (Å²) in [6.45, 7) is 2.09. The highest BCUT2D eigenvalue weighted by molar-refractivity contribution is 5.16. The monoisotopic (exact) mass is 237 g/mol. The summed E-state index contributed by atoms with van der Waals surface area (Å²) < 4.78 is 13.1. The lowest BCUT2D eigenvalue weighted by atomic mass is 9.99. The molecule has 1 aromatic rings. The van der Waals surface area contributed by atoms with Gasteiger partial charge in [0, 0.05) is 19.2 Å². The molecule has 0 aliphatic carbocycles. The lowest BCUT2D eigenvalue weighted by molar-refractivity contribution is 0.112. The van der Waals surface area contributed by atoms with Gasteiger partial charge in [0.15, 0.2) is 0 Å². The van der Waals surface area contributed by atoms with Crippen LogP contribution in [0.5, 0.6) is 0 Å². The van der Waals surface area contributed by atoms with Gasteiger partial charge in [-0.05, 0) is 43.5 Å². The van der Waals surface area contributed by atoms with Crippen molar-refractivity contribution in [2.75, 3.05) is 13.2 Å². The number of piperidine rings is 1. The Hall–Kier alpha value is -0.930. The van der Waals surface area contributed by atoms with Crippen molar-refractivity contribution in [2.45, 2.75) is 38.3 Å². The van der Waals surface area contributed by atoms with Gasteiger partial charge in [0.2, 0.25) is 0 Å². The van der Waals surface area contributed by atoms with E-state index in [-0.39, 0.29) is 12.4 Å². The summed E-state index contributed by atoms with van der Waals surface area (Å²) in [5.41, 5.74) is 1.02. The third-order valence-electron chi connectivity index (χ3n) is 3.49. The Balaban J connectivity index is 2.00. The minimum atomic E-state index is -0.168. The van der Waals surface area contributed by atoms with Crippen molar-refractivity contribution in [3.05, 3.63) is 35.6 Å². The Morgan fingerprint density at radius 2 is 2.24 bits per heavy atom. The molecular weight excluding hydrogens is 217 g/mol. The average molecular weight is 237 g/mol. The number of benzene rings is 1. The van der Waals surface area contributed by atoms with Gasteiger partial charge in [-0.1, -0.05) is 18.6 Å². The van der Waals surface area contributed by atoms with E-state index in [1.165, 1.54) is 18.9 Å². The molecule has 1 fully saturated rings. The zero-order valence-corrected chi connectivity index (χ0v) is 10.1. The maximum absolute atomic E-state index is 13.1. The van der Waals surface area contributed by atoms with Crippen LogP contribution < -0.4 is 0 Å². The Kier molecular flexibility index (Phi) is 4.51. The lowest BCUT2D eigenvalue weighted by Gasteiger charge is -2.35. The SMILES string of the molecule is OCCC1CCCCN1Cc1cccc(F)c1. The highest BCUT2D eigenvalue weighted by Gasteiger charge is 2.21. The van der Waals surface area contributed by atoms with Crippen LogP contribution in [0.4, 0.5) is 4.39 Å². The molecule has 1 aromatic carbocycles. The van der Waals surface area contributed by atoms with Gasteiger partial charge in [0.05, 0.1) is 0 Å². The van der Waals surface area contributed by atoms with Gasteiger partial charge in [0.25, 0.3) is 0 Å². The molecule has 1 saturated heterocycles. The third kappa shape index (κ3) is 3.51. The quantitative estimate of drug-likeness (QED) is 0.870. The molecule has 1 aliphatic rings. The van der Waals surface area contributed by atoms with Gasteiger partial charge in [-0.25, -0.2) is 4.39 Å². The molecule has 1 N–H and O–H groups in total. The van der Waals surface area contributed by atoms with E-state index >= 15 is 0 Å². The molecule has 94 valence electrons. The second-order valence-electron chi connectivity index (χ2n) is 4.76. The Labute approximate surface area is 102 Å². The number of rotatable bonds is 4. The molecule has 3 heteroatoms. The first kappa shape index (κ1) is 12.5. The first-order valence-electron chi connectivity index (χ1n) is 6.39. The maximum Gasteiger partial charge on any atom is 0.123 e. The second-order valence-corrected chi connectivity index (χ2v) is 4.76. The Morgan fingerprint density at radius 3 is 3.00 bits per heavy atom. The highest BCUT2D eigenvalue weighted by Crippen LogP contribution is 2.21. The van der Waals surface area contributed by atoms with E-state index in [0.717, 1.165) is 31.5 Å². The van der Waals surface area contributed by atoms with E-state index in [1.54, 1.807) is 12.1 Å². The number of likely N-dealkylation sites (tertiary alicyclic amines) is 1. The molecule has 0 spiro atoms. The van der Waals surface area contributed by atoms with E-state index < -0.39 is 0 Å². The summed E-state index contributed by atoms with van der Waals surface area (Å²) in [6, 6.07) is 7.26. The van der Waals surface area contributed by atoms with Gasteiger partial charge in [-0.15, -0.1) is 0 Å². The van der Waals surface area contributed by atoms with Crippen LogP contribution in [0.3, 0.4) is 0 Å². The minimum absolute atomic E-state index is 0.168. The summed E-state index contributed by atoms with van der Waals surface area (Å²) in [5, 5.41) is 9.06. The van der Waals surface area contributed by atoms with Crippen molar-refractivity contribution in [1.29, 1.82) is 0 Å². The first-order valence-corrected chi connectivity index (χ1v) is 6.39. The summed E-state index contributed by atoms with van der Waals surface area (Å²) in [6.07, 6.45) is 4.42. The normalized spacial score (nSPS) is 21.6. The summed E-state index contributed by atoms with van der Waals surface area (Å²) in [4.78, 5) is 2.37. The van der Waals surface area contributed by atoms with Gasteiger partial charge < -0.3 is 5.11 Å². The molecule has 2 nitrogen and oxygen atoms in total. The molecule has 1 atom stereocenters. The van der Waals surface area contributed by atoms with E-state index in [4.69, 9.17) is 5.11 Å². The van der Waals surface area contributed by atoms with Crippen LogP contribution in [-0.4, -0.2) is 29.2 Å². The Morgan fingerprint density at radius 1 is 1.35 bits per heavy atom. The first-order chi connectivity index (χ1) is 8.29. The fourth-order valence-corrected chi connectivity index (χ4v) is 2.61. The molecule has 17 heavy (non-hydrogen) atoms. The lowest BCUT2D eigenvalue weighted by Crippen LogP contribution is -2.39. The van der Waals surface area contributed by atoms with Crippen molar-refractivity contribution in [3.63, 3.8) is 0 Å². The fraction of sp³-hybridized carbons (Fsp3) is 0.571. The van der Waals surface area contributed by atoms with Crippen LogP contribution in [0.15, 0.2) is 24.3 Å². The molecule has 0 aromatic heterocycles. The van der Waals surface area contributed by atoms with Crippen LogP contribution >= 0.6 is 0 Å². The maximum atomic E-state index is 13.1. The predicted molar refractivity (Wildman–Crippen MR) is 66.2 cm³/mol. The largest absolute Gasteiger partial charge is 0.396 e. The summed E-state index contributed by atoms with van der Waals surface area (Å²) in [5.74, 6) is -0.168. The molecule has 1 unspecified atom stereocenters. The van der Waals surface area contributed by atoms with E-state index in [1.807, 2.05) is 6.07 Å². The predicted octanol–water partition coefficient (Wildman–Crippen LogP) is 2.56. The summed E-state index contributed by atoms with van der Waals surface area (Å²) >= 11 is 0. The van der Waals surface area contributed by atoms with Crippen LogP contribution in [-0.2, 0) is 6.54 Å². The van der Waals surface area contributed by atoms with Crippen LogP contribution in [0, 0.1) is 5.82 Å². The number of aliphatic hydroxyl groups is 1. The van der Waals surface area contributed by atoms with Gasteiger partial charge in [0.1, 0.15) is 5.82 Å². The number of halogens is 1. The highest BCUT2D eigenvalue weighted by atomic mass is 19.1. The molecule has 0 saturated carbocycles. The number of hydrogen-bond acceptors (Lipinski definition) is 2. The minimum Gasteiger partial charge on any atom is -0.396 e. The third-order valence-corrected chi connectivity index (χ3v) is 3.49. The standard InChI is InChI=1S/C14H20FNO/c15-13-5-3-4-12(10-13)11-16-8-2-1-6-14(16)7-9-17/h3-5,10,14,17H,1-2,6-9,11H2.